The van der Waals surface area contributed by atoms with E-state index in [0.29, 0.717) is 22.5 Å². The topological polar surface area (TPSA) is 99.9 Å². The van der Waals surface area contributed by atoms with E-state index in [1.165, 1.54) is 0 Å². The van der Waals surface area contributed by atoms with E-state index in [-0.39, 0.29) is 25.1 Å². The number of carbonyl (C=O) groups is 1. The monoisotopic (exact) mass is 422 g/mol. The molecule has 2 aliphatic heterocycles. The molecule has 4 heterocycles. The smallest absolute Gasteiger partial charge is 0.343 e. The van der Waals surface area contributed by atoms with Crippen molar-refractivity contribution >= 4 is 16.9 Å². The number of hydrogen-bond acceptors (Lipinski definition) is 7. The molecule has 8 nitrogen and oxygen atoms in total. The van der Waals surface area contributed by atoms with Crippen LogP contribution < -0.4 is 5.56 Å². The second-order valence-corrected chi connectivity index (χ2v) is 7.78. The number of aliphatic hydroxyl groups is 1. The van der Waals surface area contributed by atoms with Crippen LogP contribution in [0, 0.1) is 0 Å². The van der Waals surface area contributed by atoms with Crippen molar-refractivity contribution in [1.29, 1.82) is 0 Å². The van der Waals surface area contributed by atoms with Crippen LogP contribution >= 0.6 is 0 Å². The maximum absolute atomic E-state index is 13.4. The van der Waals surface area contributed by atoms with E-state index in [0.717, 1.165) is 22.0 Å². The third-order valence-corrected chi connectivity index (χ3v) is 6.30. The number of methoxy groups -OCH3 is 2. The fraction of sp³-hybridized carbons (Fsp3) is 0.348. The van der Waals surface area contributed by atoms with Gasteiger partial charge in [-0.2, -0.15) is 0 Å². The Hall–Kier alpha value is -3.07. The van der Waals surface area contributed by atoms with Gasteiger partial charge in [-0.25, -0.2) is 9.78 Å². The van der Waals surface area contributed by atoms with Crippen LogP contribution in [-0.2, 0) is 37.8 Å². The zero-order chi connectivity index (χ0) is 21.9. The zero-order valence-electron chi connectivity index (χ0n) is 17.5. The van der Waals surface area contributed by atoms with Gasteiger partial charge in [0.25, 0.3) is 5.56 Å². The summed E-state index contributed by atoms with van der Waals surface area (Å²) in [7, 11) is 3.13. The number of pyridine rings is 2. The van der Waals surface area contributed by atoms with Crippen LogP contribution in [0.3, 0.4) is 0 Å². The Kier molecular flexibility index (Phi) is 4.47. The Labute approximate surface area is 178 Å². The van der Waals surface area contributed by atoms with Gasteiger partial charge in [0.05, 0.1) is 29.0 Å². The average Bonchev–Trinajstić information content (AvgIpc) is 3.15. The summed E-state index contributed by atoms with van der Waals surface area (Å²) in [6.07, 6.45) is -0.542. The van der Waals surface area contributed by atoms with Crippen molar-refractivity contribution in [3.8, 4) is 11.4 Å². The summed E-state index contributed by atoms with van der Waals surface area (Å²) in [4.78, 5) is 30.5. The van der Waals surface area contributed by atoms with Crippen LogP contribution in [0.25, 0.3) is 22.3 Å². The molecule has 0 amide bonds. The molecule has 2 aromatic heterocycles. The van der Waals surface area contributed by atoms with Crippen molar-refractivity contribution in [1.82, 2.24) is 9.55 Å². The number of ether oxygens (including phenoxy) is 3. The first-order chi connectivity index (χ1) is 14.9. The molecule has 0 saturated heterocycles. The quantitative estimate of drug-likeness (QED) is 0.398. The van der Waals surface area contributed by atoms with Crippen LogP contribution in [-0.4, -0.2) is 34.8 Å². The van der Waals surface area contributed by atoms with Crippen LogP contribution in [0.2, 0.25) is 0 Å². The lowest BCUT2D eigenvalue weighted by molar-refractivity contribution is -0.172. The Morgan fingerprint density at radius 3 is 2.68 bits per heavy atom. The Bertz CT molecular complexity index is 1290. The molecule has 1 atom stereocenters. The molecule has 5 rings (SSSR count). The lowest BCUT2D eigenvalue weighted by atomic mass is 9.86. The largest absolute Gasteiger partial charge is 0.458 e. The van der Waals surface area contributed by atoms with Crippen LogP contribution in [0.5, 0.6) is 0 Å². The standard InChI is InChI=1S/C23H22N2O6/c1-4-23(28)15-9-17-19-13(10-25(17)20(26)14(15)11-31-22(23)27)18(21(29-2)30-3)12-7-5-6-8-16(12)24-19/h5-9,21,28H,4,10-11H2,1-3H3. The highest BCUT2D eigenvalue weighted by Crippen LogP contribution is 2.42. The van der Waals surface area contributed by atoms with Gasteiger partial charge in [0.15, 0.2) is 11.9 Å². The summed E-state index contributed by atoms with van der Waals surface area (Å²) in [5, 5.41) is 11.9. The third-order valence-electron chi connectivity index (χ3n) is 6.30. The summed E-state index contributed by atoms with van der Waals surface area (Å²) in [5.74, 6) is -0.740. The van der Waals surface area contributed by atoms with Gasteiger partial charge in [-0.3, -0.25) is 4.79 Å². The lowest BCUT2D eigenvalue weighted by Crippen LogP contribution is -2.44. The third kappa shape index (κ3) is 2.62. The number of fused-ring (bicyclic) bond motifs is 5. The van der Waals surface area contributed by atoms with Crippen molar-refractivity contribution in [2.45, 2.75) is 38.4 Å². The predicted molar refractivity (Wildman–Crippen MR) is 111 cm³/mol. The summed E-state index contributed by atoms with van der Waals surface area (Å²) in [5.41, 5.74) is 1.97. The van der Waals surface area contributed by atoms with Gasteiger partial charge in [0.2, 0.25) is 0 Å². The number of para-hydroxylation sites is 1. The van der Waals surface area contributed by atoms with Crippen molar-refractivity contribution in [3.63, 3.8) is 0 Å². The van der Waals surface area contributed by atoms with Crippen LogP contribution in [0.15, 0.2) is 35.1 Å². The van der Waals surface area contributed by atoms with Crippen LogP contribution in [0.1, 0.15) is 41.9 Å². The molecule has 8 heteroatoms. The molecule has 0 radical (unpaired) electrons. The molecule has 2 aliphatic rings. The maximum Gasteiger partial charge on any atom is 0.343 e. The number of nitrogens with zero attached hydrogens (tertiary/aromatic N) is 2. The molecule has 0 aliphatic carbocycles. The number of aromatic nitrogens is 2. The number of hydrogen-bond donors (Lipinski definition) is 1. The first-order valence-electron chi connectivity index (χ1n) is 10.1. The maximum atomic E-state index is 13.4. The number of cyclic esters (lactones) is 1. The van der Waals surface area contributed by atoms with E-state index in [1.54, 1.807) is 31.8 Å². The molecule has 1 aromatic carbocycles. The molecular formula is C23H22N2O6. The van der Waals surface area contributed by atoms with Gasteiger partial charge in [-0.1, -0.05) is 25.1 Å². The fourth-order valence-corrected chi connectivity index (χ4v) is 4.66. The molecule has 0 saturated carbocycles. The molecule has 0 bridgehead atoms. The van der Waals surface area contributed by atoms with Crippen molar-refractivity contribution in [2.75, 3.05) is 14.2 Å². The minimum atomic E-state index is -1.85. The molecule has 160 valence electrons. The van der Waals surface area contributed by atoms with Gasteiger partial charge in [0, 0.05) is 36.3 Å². The normalized spacial score (nSPS) is 19.3. The van der Waals surface area contributed by atoms with Gasteiger partial charge < -0.3 is 23.9 Å². The zero-order valence-corrected chi connectivity index (χ0v) is 17.5. The molecular weight excluding hydrogens is 400 g/mol. The van der Waals surface area contributed by atoms with Crippen molar-refractivity contribution in [2.24, 2.45) is 0 Å². The molecule has 3 aromatic rings. The first-order valence-corrected chi connectivity index (χ1v) is 10.1. The minimum absolute atomic E-state index is 0.0976. The summed E-state index contributed by atoms with van der Waals surface area (Å²) >= 11 is 0. The van der Waals surface area contributed by atoms with E-state index in [1.807, 2.05) is 24.3 Å². The number of rotatable bonds is 4. The molecule has 1 N–H and O–H groups in total. The second kappa shape index (κ2) is 6.98. The molecule has 31 heavy (non-hydrogen) atoms. The summed E-state index contributed by atoms with van der Waals surface area (Å²) in [6.45, 7) is 1.80. The second-order valence-electron chi connectivity index (χ2n) is 7.78. The van der Waals surface area contributed by atoms with E-state index in [9.17, 15) is 14.7 Å². The average molecular weight is 422 g/mol. The first kappa shape index (κ1) is 19.9. The van der Waals surface area contributed by atoms with E-state index < -0.39 is 17.9 Å². The SMILES string of the molecule is CCC1(O)C(=O)OCc2c1cc1n(c2=O)Cc2c-1nc1ccccc1c2C(OC)OC. The fourth-order valence-electron chi connectivity index (χ4n) is 4.66. The van der Waals surface area contributed by atoms with E-state index in [2.05, 4.69) is 0 Å². The number of benzene rings is 1. The summed E-state index contributed by atoms with van der Waals surface area (Å²) < 4.78 is 17.9. The van der Waals surface area contributed by atoms with Crippen LogP contribution in [0.4, 0.5) is 0 Å². The van der Waals surface area contributed by atoms with E-state index >= 15 is 0 Å². The molecule has 0 spiro atoms. The Morgan fingerprint density at radius 1 is 1.23 bits per heavy atom. The lowest BCUT2D eigenvalue weighted by Gasteiger charge is -2.31. The van der Waals surface area contributed by atoms with E-state index in [4.69, 9.17) is 19.2 Å². The highest BCUT2D eigenvalue weighted by Gasteiger charge is 2.45. The predicted octanol–water partition coefficient (Wildman–Crippen LogP) is 2.37. The Morgan fingerprint density at radius 2 is 1.97 bits per heavy atom. The van der Waals surface area contributed by atoms with Crippen molar-refractivity contribution < 1.29 is 24.1 Å². The number of esters is 1. The van der Waals surface area contributed by atoms with Gasteiger partial charge in [0.1, 0.15) is 6.61 Å². The highest BCUT2D eigenvalue weighted by atomic mass is 16.7. The van der Waals surface area contributed by atoms with Gasteiger partial charge >= 0.3 is 5.97 Å². The highest BCUT2D eigenvalue weighted by molar-refractivity contribution is 5.89. The summed E-state index contributed by atoms with van der Waals surface area (Å²) in [6, 6.07) is 9.34. The van der Waals surface area contributed by atoms with Crippen molar-refractivity contribution in [3.05, 3.63) is 62.9 Å². The molecule has 0 fully saturated rings. The van der Waals surface area contributed by atoms with Gasteiger partial charge in [-0.05, 0) is 18.6 Å². The minimum Gasteiger partial charge on any atom is -0.458 e. The van der Waals surface area contributed by atoms with Gasteiger partial charge in [-0.15, -0.1) is 0 Å². The Balaban J connectivity index is 1.84. The number of carbonyl (C=O) groups excluding carboxylic acids is 1. The molecule has 1 unspecified atom stereocenters.